The van der Waals surface area contributed by atoms with Gasteiger partial charge in [-0.15, -0.1) is 0 Å². The number of imide groups is 1. The summed E-state index contributed by atoms with van der Waals surface area (Å²) in [7, 11) is 1.76. The molecule has 0 spiro atoms. The van der Waals surface area contributed by atoms with Crippen LogP contribution >= 0.6 is 0 Å². The molecule has 2 aliphatic rings. The molecule has 29 heavy (non-hydrogen) atoms. The van der Waals surface area contributed by atoms with Gasteiger partial charge in [0.1, 0.15) is 0 Å². The lowest BCUT2D eigenvalue weighted by Gasteiger charge is -2.32. The fourth-order valence-corrected chi connectivity index (χ4v) is 4.67. The SMILES string of the molecule is CC(C)CC1(C[C@H](C)CC(=O)N2C(=O)N(C)[C@@H](C)[C@H]2c2ccccc2)OCCO1. The van der Waals surface area contributed by atoms with Gasteiger partial charge in [-0.05, 0) is 24.3 Å². The lowest BCUT2D eigenvalue weighted by atomic mass is 9.91. The zero-order chi connectivity index (χ0) is 21.2. The number of ether oxygens (including phenoxy) is 2. The Hall–Kier alpha value is -1.92. The largest absolute Gasteiger partial charge is 0.348 e. The summed E-state index contributed by atoms with van der Waals surface area (Å²) in [5.41, 5.74) is 0.984. The first-order valence-electron chi connectivity index (χ1n) is 10.7. The lowest BCUT2D eigenvalue weighted by molar-refractivity contribution is -0.180. The van der Waals surface area contributed by atoms with E-state index < -0.39 is 5.79 Å². The van der Waals surface area contributed by atoms with E-state index in [0.29, 0.717) is 32.0 Å². The molecule has 2 saturated heterocycles. The maximum atomic E-state index is 13.2. The molecule has 0 aromatic heterocycles. The van der Waals surface area contributed by atoms with Gasteiger partial charge in [0.15, 0.2) is 5.79 Å². The van der Waals surface area contributed by atoms with Gasteiger partial charge in [0.05, 0.1) is 25.3 Å². The third-order valence-corrected chi connectivity index (χ3v) is 5.98. The van der Waals surface area contributed by atoms with Gasteiger partial charge in [0, 0.05) is 26.3 Å². The van der Waals surface area contributed by atoms with Crippen LogP contribution in [0.3, 0.4) is 0 Å². The molecule has 3 rings (SSSR count). The van der Waals surface area contributed by atoms with Crippen LogP contribution in [-0.2, 0) is 14.3 Å². The third kappa shape index (κ3) is 4.64. The van der Waals surface area contributed by atoms with Gasteiger partial charge in [0.25, 0.3) is 0 Å². The van der Waals surface area contributed by atoms with Crippen LogP contribution in [0.1, 0.15) is 58.6 Å². The summed E-state index contributed by atoms with van der Waals surface area (Å²) in [5.74, 6) is -0.255. The maximum absolute atomic E-state index is 13.2. The van der Waals surface area contributed by atoms with Crippen molar-refractivity contribution in [1.82, 2.24) is 9.80 Å². The second kappa shape index (κ2) is 8.84. The average Bonchev–Trinajstić information content (AvgIpc) is 3.19. The molecule has 0 radical (unpaired) electrons. The molecular weight excluding hydrogens is 368 g/mol. The van der Waals surface area contributed by atoms with E-state index in [1.54, 1.807) is 11.9 Å². The normalized spacial score (nSPS) is 25.1. The summed E-state index contributed by atoms with van der Waals surface area (Å²) < 4.78 is 11.9. The predicted molar refractivity (Wildman–Crippen MR) is 111 cm³/mol. The van der Waals surface area contributed by atoms with Gasteiger partial charge in [-0.25, -0.2) is 4.79 Å². The van der Waals surface area contributed by atoms with Crippen LogP contribution in [0.4, 0.5) is 4.79 Å². The predicted octanol–water partition coefficient (Wildman–Crippen LogP) is 4.22. The molecule has 3 amide bonds. The number of urea groups is 1. The molecule has 160 valence electrons. The summed E-state index contributed by atoms with van der Waals surface area (Å²) in [6.07, 6.45) is 1.75. The van der Waals surface area contributed by atoms with Crippen LogP contribution in [0.25, 0.3) is 0 Å². The minimum Gasteiger partial charge on any atom is -0.348 e. The number of hydrogen-bond donors (Lipinski definition) is 0. The molecule has 6 nitrogen and oxygen atoms in total. The highest BCUT2D eigenvalue weighted by molar-refractivity contribution is 5.97. The van der Waals surface area contributed by atoms with Crippen LogP contribution < -0.4 is 0 Å². The number of nitrogens with zero attached hydrogens (tertiary/aromatic N) is 2. The van der Waals surface area contributed by atoms with Crippen molar-refractivity contribution in [3.63, 3.8) is 0 Å². The highest BCUT2D eigenvalue weighted by Gasteiger charge is 2.46. The molecular formula is C23H34N2O4. The fraction of sp³-hybridized carbons (Fsp3) is 0.652. The Labute approximate surface area is 174 Å². The van der Waals surface area contributed by atoms with Crippen molar-refractivity contribution in [2.75, 3.05) is 20.3 Å². The molecule has 0 saturated carbocycles. The van der Waals surface area contributed by atoms with E-state index in [0.717, 1.165) is 12.0 Å². The average molecular weight is 403 g/mol. The number of hydrogen-bond acceptors (Lipinski definition) is 4. The summed E-state index contributed by atoms with van der Waals surface area (Å²) in [5, 5.41) is 0. The van der Waals surface area contributed by atoms with E-state index in [9.17, 15) is 9.59 Å². The van der Waals surface area contributed by atoms with Crippen LogP contribution in [0.2, 0.25) is 0 Å². The van der Waals surface area contributed by atoms with Crippen LogP contribution in [0.15, 0.2) is 30.3 Å². The van der Waals surface area contributed by atoms with Gasteiger partial charge >= 0.3 is 6.03 Å². The molecule has 1 aromatic rings. The van der Waals surface area contributed by atoms with E-state index in [1.165, 1.54) is 4.90 Å². The second-order valence-corrected chi connectivity index (χ2v) is 8.97. The van der Waals surface area contributed by atoms with Crippen LogP contribution in [0, 0.1) is 11.8 Å². The van der Waals surface area contributed by atoms with Gasteiger partial charge in [-0.3, -0.25) is 9.69 Å². The smallest absolute Gasteiger partial charge is 0.327 e. The summed E-state index contributed by atoms with van der Waals surface area (Å²) in [6, 6.07) is 9.23. The molecule has 1 aromatic carbocycles. The van der Waals surface area contributed by atoms with Gasteiger partial charge in [-0.1, -0.05) is 51.1 Å². The molecule has 2 aliphatic heterocycles. The number of benzene rings is 1. The van der Waals surface area contributed by atoms with Crippen molar-refractivity contribution in [3.8, 4) is 0 Å². The molecule has 0 N–H and O–H groups in total. The Morgan fingerprint density at radius 3 is 2.34 bits per heavy atom. The minimum atomic E-state index is -0.605. The zero-order valence-corrected chi connectivity index (χ0v) is 18.3. The highest BCUT2D eigenvalue weighted by Crippen LogP contribution is 2.37. The molecule has 0 bridgehead atoms. The molecule has 3 atom stereocenters. The highest BCUT2D eigenvalue weighted by atomic mass is 16.7. The van der Waals surface area contributed by atoms with Crippen LogP contribution in [-0.4, -0.2) is 53.8 Å². The first kappa shape index (κ1) is 21.8. The number of amides is 3. The van der Waals surface area contributed by atoms with Gasteiger partial charge in [0.2, 0.25) is 5.91 Å². The third-order valence-electron chi connectivity index (χ3n) is 5.98. The van der Waals surface area contributed by atoms with E-state index >= 15 is 0 Å². The maximum Gasteiger partial charge on any atom is 0.327 e. The van der Waals surface area contributed by atoms with Gasteiger partial charge in [-0.2, -0.15) is 0 Å². The lowest BCUT2D eigenvalue weighted by Crippen LogP contribution is -2.39. The topological polar surface area (TPSA) is 59.1 Å². The van der Waals surface area contributed by atoms with Crippen molar-refractivity contribution in [2.24, 2.45) is 11.8 Å². The van der Waals surface area contributed by atoms with Crippen molar-refractivity contribution in [2.45, 2.75) is 64.8 Å². The standard InChI is InChI=1S/C23H34N2O4/c1-16(2)14-23(28-11-12-29-23)15-17(3)13-20(26)25-21(18(4)24(5)22(25)27)19-9-7-6-8-10-19/h6-10,16-18,21H,11-15H2,1-5H3/t17-,18+,21+/m1/s1. The molecule has 6 heteroatoms. The molecule has 2 fully saturated rings. The first-order chi connectivity index (χ1) is 13.7. The second-order valence-electron chi connectivity index (χ2n) is 8.97. The van der Waals surface area contributed by atoms with E-state index in [-0.39, 0.29) is 29.9 Å². The summed E-state index contributed by atoms with van der Waals surface area (Å²) in [6.45, 7) is 9.51. The number of carbonyl (C=O) groups excluding carboxylic acids is 2. The van der Waals surface area contributed by atoms with Crippen LogP contribution in [0.5, 0.6) is 0 Å². The zero-order valence-electron chi connectivity index (χ0n) is 18.3. The van der Waals surface area contributed by atoms with Crippen molar-refractivity contribution < 1.29 is 19.1 Å². The molecule has 0 unspecified atom stereocenters. The Bertz CT molecular complexity index is 715. The summed E-state index contributed by atoms with van der Waals surface area (Å²) >= 11 is 0. The van der Waals surface area contributed by atoms with E-state index in [4.69, 9.17) is 9.47 Å². The number of carbonyl (C=O) groups is 2. The monoisotopic (exact) mass is 402 g/mol. The van der Waals surface area contributed by atoms with E-state index in [1.807, 2.05) is 44.2 Å². The number of likely N-dealkylation sites (N-methyl/N-ethyl adjacent to an activating group) is 1. The Balaban J connectivity index is 1.73. The Morgan fingerprint density at radius 2 is 1.76 bits per heavy atom. The van der Waals surface area contributed by atoms with E-state index in [2.05, 4.69) is 13.8 Å². The van der Waals surface area contributed by atoms with Crippen molar-refractivity contribution in [3.05, 3.63) is 35.9 Å². The molecule has 0 aliphatic carbocycles. The minimum absolute atomic E-state index is 0.0461. The first-order valence-corrected chi connectivity index (χ1v) is 10.7. The summed E-state index contributed by atoms with van der Waals surface area (Å²) in [4.78, 5) is 29.2. The number of rotatable bonds is 7. The van der Waals surface area contributed by atoms with Crippen molar-refractivity contribution in [1.29, 1.82) is 0 Å². The Kier molecular flexibility index (Phi) is 6.64. The Morgan fingerprint density at radius 1 is 1.14 bits per heavy atom. The van der Waals surface area contributed by atoms with Crippen molar-refractivity contribution >= 4 is 11.9 Å². The molecule has 2 heterocycles. The fourth-order valence-electron chi connectivity index (χ4n) is 4.67. The quantitative estimate of drug-likeness (QED) is 0.685. The van der Waals surface area contributed by atoms with Gasteiger partial charge < -0.3 is 14.4 Å².